The topological polar surface area (TPSA) is 101 Å². The molecular weight excluding hydrogens is 230 g/mol. The maximum absolute atomic E-state index is 10.6. The normalized spacial score (nSPS) is 10.1. The summed E-state index contributed by atoms with van der Waals surface area (Å²) in [6.07, 6.45) is 0.652. The standard InChI is InChI=1S/C9H13N3O3S/c10-11-7-4-8(12(14)15)6-9(5-7)16-3-1-2-13/h4-6,11,13H,1-3,10H2. The van der Waals surface area contributed by atoms with E-state index in [1.54, 1.807) is 6.07 Å². The first kappa shape index (κ1) is 12.8. The highest BCUT2D eigenvalue weighted by Crippen LogP contribution is 2.27. The molecule has 0 aromatic heterocycles. The number of nitro groups is 1. The fourth-order valence-corrected chi connectivity index (χ4v) is 2.03. The van der Waals surface area contributed by atoms with E-state index in [4.69, 9.17) is 10.9 Å². The monoisotopic (exact) mass is 243 g/mol. The van der Waals surface area contributed by atoms with E-state index in [1.165, 1.54) is 23.9 Å². The number of rotatable bonds is 6. The predicted molar refractivity (Wildman–Crippen MR) is 63.3 cm³/mol. The maximum Gasteiger partial charge on any atom is 0.272 e. The van der Waals surface area contributed by atoms with E-state index in [0.29, 0.717) is 17.9 Å². The van der Waals surface area contributed by atoms with Gasteiger partial charge >= 0.3 is 0 Å². The molecule has 7 heteroatoms. The third-order valence-electron chi connectivity index (χ3n) is 1.84. The molecule has 0 fully saturated rings. The minimum Gasteiger partial charge on any atom is -0.396 e. The Bertz CT molecular complexity index is 373. The molecule has 0 amide bonds. The molecule has 0 saturated carbocycles. The number of non-ortho nitro benzene ring substituents is 1. The van der Waals surface area contributed by atoms with E-state index < -0.39 is 4.92 Å². The Labute approximate surface area is 97.0 Å². The Morgan fingerprint density at radius 3 is 2.81 bits per heavy atom. The van der Waals surface area contributed by atoms with Crippen LogP contribution >= 0.6 is 11.8 Å². The number of nitrogens with zero attached hydrogens (tertiary/aromatic N) is 1. The van der Waals surface area contributed by atoms with Gasteiger partial charge in [0, 0.05) is 29.4 Å². The summed E-state index contributed by atoms with van der Waals surface area (Å²) in [5.41, 5.74) is 2.89. The van der Waals surface area contributed by atoms with Crippen LogP contribution in [0.3, 0.4) is 0 Å². The molecule has 0 saturated heterocycles. The molecule has 6 nitrogen and oxygen atoms in total. The van der Waals surface area contributed by atoms with Gasteiger partial charge in [-0.05, 0) is 12.5 Å². The number of anilines is 1. The molecule has 4 N–H and O–H groups in total. The molecule has 0 heterocycles. The quantitative estimate of drug-likeness (QED) is 0.229. The van der Waals surface area contributed by atoms with Gasteiger partial charge in [-0.2, -0.15) is 0 Å². The van der Waals surface area contributed by atoms with Crippen LogP contribution in [0.5, 0.6) is 0 Å². The second kappa shape index (κ2) is 6.31. The van der Waals surface area contributed by atoms with Crippen LogP contribution in [0.4, 0.5) is 11.4 Å². The summed E-state index contributed by atoms with van der Waals surface area (Å²) < 4.78 is 0. The van der Waals surface area contributed by atoms with Crippen molar-refractivity contribution in [1.29, 1.82) is 0 Å². The summed E-state index contributed by atoms with van der Waals surface area (Å²) in [5.74, 6) is 5.93. The molecule has 0 aliphatic carbocycles. The number of thioether (sulfide) groups is 1. The van der Waals surface area contributed by atoms with Gasteiger partial charge in [-0.3, -0.25) is 16.0 Å². The Hall–Kier alpha value is -1.31. The summed E-state index contributed by atoms with van der Waals surface area (Å²) in [5, 5.41) is 19.3. The molecule has 1 aromatic carbocycles. The van der Waals surface area contributed by atoms with Crippen LogP contribution in [0, 0.1) is 10.1 Å². The second-order valence-corrected chi connectivity index (χ2v) is 4.21. The lowest BCUT2D eigenvalue weighted by Gasteiger charge is -2.04. The van der Waals surface area contributed by atoms with Crippen molar-refractivity contribution >= 4 is 23.1 Å². The number of nitrogen functional groups attached to an aromatic ring is 1. The van der Waals surface area contributed by atoms with Crippen LogP contribution in [0.1, 0.15) is 6.42 Å². The van der Waals surface area contributed by atoms with E-state index >= 15 is 0 Å². The van der Waals surface area contributed by atoms with Gasteiger partial charge in [0.1, 0.15) is 0 Å². The summed E-state index contributed by atoms with van der Waals surface area (Å²) in [6.45, 7) is 0.115. The molecule has 0 aliphatic rings. The number of nitro benzene ring substituents is 1. The predicted octanol–water partition coefficient (Wildman–Crippen LogP) is 1.35. The highest BCUT2D eigenvalue weighted by atomic mass is 32.2. The van der Waals surface area contributed by atoms with Gasteiger partial charge in [0.15, 0.2) is 0 Å². The van der Waals surface area contributed by atoms with Crippen molar-refractivity contribution in [3.8, 4) is 0 Å². The number of hydrogen-bond donors (Lipinski definition) is 3. The van der Waals surface area contributed by atoms with Gasteiger partial charge in [0.05, 0.1) is 10.6 Å². The number of hydrazine groups is 1. The molecule has 1 rings (SSSR count). The van der Waals surface area contributed by atoms with Gasteiger partial charge in [-0.15, -0.1) is 11.8 Å². The highest BCUT2D eigenvalue weighted by Gasteiger charge is 2.09. The van der Waals surface area contributed by atoms with E-state index in [1.807, 2.05) is 0 Å². The van der Waals surface area contributed by atoms with Crippen LogP contribution in [-0.4, -0.2) is 22.4 Å². The second-order valence-electron chi connectivity index (χ2n) is 3.04. The van der Waals surface area contributed by atoms with Crippen molar-refractivity contribution in [2.75, 3.05) is 17.8 Å². The number of benzene rings is 1. The zero-order valence-corrected chi connectivity index (χ0v) is 9.37. The summed E-state index contributed by atoms with van der Waals surface area (Å²) in [7, 11) is 0. The minimum absolute atomic E-state index is 0.00180. The largest absolute Gasteiger partial charge is 0.396 e. The third kappa shape index (κ3) is 3.69. The van der Waals surface area contributed by atoms with Gasteiger partial charge in [0.25, 0.3) is 5.69 Å². The van der Waals surface area contributed by atoms with Crippen LogP contribution < -0.4 is 11.3 Å². The van der Waals surface area contributed by atoms with Crippen molar-refractivity contribution in [3.63, 3.8) is 0 Å². The van der Waals surface area contributed by atoms with E-state index in [0.717, 1.165) is 4.90 Å². The highest BCUT2D eigenvalue weighted by molar-refractivity contribution is 7.99. The summed E-state index contributed by atoms with van der Waals surface area (Å²) >= 11 is 1.45. The molecule has 0 aliphatic heterocycles. The smallest absolute Gasteiger partial charge is 0.272 e. The zero-order valence-electron chi connectivity index (χ0n) is 8.55. The Morgan fingerprint density at radius 2 is 2.25 bits per heavy atom. The van der Waals surface area contributed by atoms with E-state index in [2.05, 4.69) is 5.43 Å². The fourth-order valence-electron chi connectivity index (χ4n) is 1.11. The average molecular weight is 243 g/mol. The number of hydrogen-bond acceptors (Lipinski definition) is 6. The molecule has 0 unspecified atom stereocenters. The first-order chi connectivity index (χ1) is 7.67. The van der Waals surface area contributed by atoms with E-state index in [-0.39, 0.29) is 12.3 Å². The Morgan fingerprint density at radius 1 is 1.50 bits per heavy atom. The number of nitrogens with two attached hydrogens (primary N) is 1. The lowest BCUT2D eigenvalue weighted by Crippen LogP contribution is -2.07. The summed E-state index contributed by atoms with van der Waals surface area (Å²) in [6, 6.07) is 4.59. The van der Waals surface area contributed by atoms with Crippen LogP contribution in [0.2, 0.25) is 0 Å². The van der Waals surface area contributed by atoms with E-state index in [9.17, 15) is 10.1 Å². The van der Waals surface area contributed by atoms with Crippen molar-refractivity contribution in [1.82, 2.24) is 0 Å². The fraction of sp³-hybridized carbons (Fsp3) is 0.333. The number of nitrogens with one attached hydrogen (secondary N) is 1. The number of aliphatic hydroxyl groups is 1. The minimum atomic E-state index is -0.461. The molecule has 88 valence electrons. The zero-order chi connectivity index (χ0) is 12.0. The van der Waals surface area contributed by atoms with Crippen molar-refractivity contribution < 1.29 is 10.0 Å². The molecule has 16 heavy (non-hydrogen) atoms. The third-order valence-corrected chi connectivity index (χ3v) is 2.90. The van der Waals surface area contributed by atoms with Crippen LogP contribution in [0.15, 0.2) is 23.1 Å². The van der Waals surface area contributed by atoms with Gasteiger partial charge < -0.3 is 10.5 Å². The van der Waals surface area contributed by atoms with Crippen LogP contribution in [0.25, 0.3) is 0 Å². The first-order valence-corrected chi connectivity index (χ1v) is 5.65. The first-order valence-electron chi connectivity index (χ1n) is 4.67. The number of aliphatic hydroxyl groups excluding tert-OH is 1. The Balaban J connectivity index is 2.82. The Kier molecular flexibility index (Phi) is 5.03. The summed E-state index contributed by atoms with van der Waals surface area (Å²) in [4.78, 5) is 10.9. The van der Waals surface area contributed by atoms with Crippen molar-refractivity contribution in [3.05, 3.63) is 28.3 Å². The average Bonchev–Trinajstić information content (AvgIpc) is 2.29. The molecule has 0 spiro atoms. The molecule has 1 aromatic rings. The van der Waals surface area contributed by atoms with Crippen molar-refractivity contribution in [2.45, 2.75) is 11.3 Å². The van der Waals surface area contributed by atoms with Gasteiger partial charge in [-0.25, -0.2) is 0 Å². The molecule has 0 atom stereocenters. The lowest BCUT2D eigenvalue weighted by atomic mass is 10.3. The van der Waals surface area contributed by atoms with Crippen LogP contribution in [-0.2, 0) is 0 Å². The van der Waals surface area contributed by atoms with Gasteiger partial charge in [0.2, 0.25) is 0 Å². The molecule has 0 radical (unpaired) electrons. The van der Waals surface area contributed by atoms with Crippen molar-refractivity contribution in [2.24, 2.45) is 5.84 Å². The maximum atomic E-state index is 10.6. The molecular formula is C9H13N3O3S. The lowest BCUT2D eigenvalue weighted by molar-refractivity contribution is -0.385. The van der Waals surface area contributed by atoms with Gasteiger partial charge in [-0.1, -0.05) is 0 Å². The SMILES string of the molecule is NNc1cc(SCCCO)cc([N+](=O)[O-])c1. The molecule has 0 bridgehead atoms.